The summed E-state index contributed by atoms with van der Waals surface area (Å²) in [6.07, 6.45) is 6.61. The van der Waals surface area contributed by atoms with E-state index in [4.69, 9.17) is 9.97 Å². The van der Waals surface area contributed by atoms with Crippen LogP contribution in [-0.4, -0.2) is 39.1 Å². The second-order valence-electron chi connectivity index (χ2n) is 8.06. The Kier molecular flexibility index (Phi) is 3.91. The van der Waals surface area contributed by atoms with Gasteiger partial charge in [0.25, 0.3) is 0 Å². The Morgan fingerprint density at radius 3 is 2.75 bits per heavy atom. The molecule has 1 saturated heterocycles. The molecule has 2 aliphatic rings. The molecule has 5 rings (SSSR count). The zero-order valence-electron chi connectivity index (χ0n) is 16.0. The third-order valence-electron chi connectivity index (χ3n) is 6.52. The Hall–Kier alpha value is -2.54. The predicted molar refractivity (Wildman–Crippen MR) is 110 cm³/mol. The van der Waals surface area contributed by atoms with E-state index in [1.165, 1.54) is 10.4 Å². The second-order valence-corrected chi connectivity index (χ2v) is 9.27. The average Bonchev–Trinajstić information content (AvgIpc) is 3.21. The van der Waals surface area contributed by atoms with Crippen LogP contribution in [0.4, 0.5) is 5.82 Å². The summed E-state index contributed by atoms with van der Waals surface area (Å²) in [5.41, 5.74) is 1.96. The van der Waals surface area contributed by atoms with Crippen LogP contribution in [-0.2, 0) is 4.79 Å². The molecule has 1 aliphatic carbocycles. The molecule has 7 heteroatoms. The molecule has 1 saturated carbocycles. The molecule has 3 aromatic heterocycles. The zero-order valence-corrected chi connectivity index (χ0v) is 16.8. The largest absolute Gasteiger partial charge is 0.481 e. The number of carboxylic acid groups (broad SMARTS) is 1. The van der Waals surface area contributed by atoms with Gasteiger partial charge in [0.2, 0.25) is 0 Å². The summed E-state index contributed by atoms with van der Waals surface area (Å²) in [5.74, 6) is 0.519. The minimum Gasteiger partial charge on any atom is -0.481 e. The zero-order chi connectivity index (χ0) is 19.5. The quantitative estimate of drug-likeness (QED) is 0.722. The van der Waals surface area contributed by atoms with Crippen molar-refractivity contribution in [3.63, 3.8) is 0 Å². The fraction of sp³-hybridized carbons (Fsp3) is 0.429. The summed E-state index contributed by atoms with van der Waals surface area (Å²) in [4.78, 5) is 30.3. The molecule has 28 heavy (non-hydrogen) atoms. The Morgan fingerprint density at radius 2 is 2.14 bits per heavy atom. The Morgan fingerprint density at radius 1 is 1.32 bits per heavy atom. The number of aromatic nitrogens is 3. The summed E-state index contributed by atoms with van der Waals surface area (Å²) >= 11 is 1.67. The number of carbonyl (C=O) groups is 1. The highest BCUT2D eigenvalue weighted by Crippen LogP contribution is 2.53. The number of aryl methyl sites for hydroxylation is 2. The Bertz CT molecular complexity index is 1070. The normalized spacial score (nSPS) is 20.6. The summed E-state index contributed by atoms with van der Waals surface area (Å²) in [6.45, 7) is 5.49. The lowest BCUT2D eigenvalue weighted by Crippen LogP contribution is -2.40. The second kappa shape index (κ2) is 6.24. The number of pyridine rings is 1. The number of carboxylic acids is 1. The van der Waals surface area contributed by atoms with Gasteiger partial charge >= 0.3 is 5.97 Å². The standard InChI is InChI=1S/C21H22N4O2S/c1-12-13(2)28-19-16(12)18(23-17(24-19)14-5-3-8-22-9-14)25-10-15(20(26)27)21(11-25)6-4-7-21/h3,5,8-9,15H,4,6-7,10-11H2,1-2H3,(H,26,27). The van der Waals surface area contributed by atoms with Gasteiger partial charge in [0.05, 0.1) is 11.3 Å². The number of thiophene rings is 1. The minimum atomic E-state index is -0.682. The van der Waals surface area contributed by atoms with Crippen molar-refractivity contribution in [3.8, 4) is 11.4 Å². The highest BCUT2D eigenvalue weighted by atomic mass is 32.1. The fourth-order valence-electron chi connectivity index (χ4n) is 4.69. The lowest BCUT2D eigenvalue weighted by atomic mass is 9.63. The number of aliphatic carboxylic acids is 1. The van der Waals surface area contributed by atoms with Crippen LogP contribution in [0.25, 0.3) is 21.6 Å². The first-order valence-corrected chi connectivity index (χ1v) is 10.5. The van der Waals surface area contributed by atoms with Crippen LogP contribution >= 0.6 is 11.3 Å². The van der Waals surface area contributed by atoms with Gasteiger partial charge in [-0.15, -0.1) is 11.3 Å². The Labute approximate surface area is 167 Å². The van der Waals surface area contributed by atoms with E-state index in [0.717, 1.165) is 47.4 Å². The molecule has 4 heterocycles. The van der Waals surface area contributed by atoms with Crippen molar-refractivity contribution >= 4 is 33.3 Å². The van der Waals surface area contributed by atoms with E-state index in [9.17, 15) is 9.90 Å². The molecular weight excluding hydrogens is 372 g/mol. The lowest BCUT2D eigenvalue weighted by Gasteiger charge is -2.41. The van der Waals surface area contributed by atoms with Gasteiger partial charge in [-0.25, -0.2) is 9.97 Å². The summed E-state index contributed by atoms with van der Waals surface area (Å²) in [7, 11) is 0. The van der Waals surface area contributed by atoms with Gasteiger partial charge in [0, 0.05) is 41.3 Å². The number of hydrogen-bond acceptors (Lipinski definition) is 6. The van der Waals surface area contributed by atoms with E-state index in [-0.39, 0.29) is 11.3 Å². The van der Waals surface area contributed by atoms with Gasteiger partial charge in [-0.05, 0) is 44.4 Å². The molecule has 1 spiro atoms. The van der Waals surface area contributed by atoms with Crippen LogP contribution in [0.3, 0.4) is 0 Å². The van der Waals surface area contributed by atoms with Crippen LogP contribution in [0.2, 0.25) is 0 Å². The molecule has 0 amide bonds. The van der Waals surface area contributed by atoms with Crippen LogP contribution in [0.15, 0.2) is 24.5 Å². The number of anilines is 1. The first kappa shape index (κ1) is 17.6. The molecule has 2 fully saturated rings. The van der Waals surface area contributed by atoms with Crippen molar-refractivity contribution in [2.45, 2.75) is 33.1 Å². The highest BCUT2D eigenvalue weighted by molar-refractivity contribution is 7.18. The third kappa shape index (κ3) is 2.53. The van der Waals surface area contributed by atoms with Crippen LogP contribution in [0.1, 0.15) is 29.7 Å². The molecule has 1 unspecified atom stereocenters. The average molecular weight is 395 g/mol. The van der Waals surface area contributed by atoms with E-state index in [0.29, 0.717) is 12.4 Å². The van der Waals surface area contributed by atoms with Crippen molar-refractivity contribution in [2.75, 3.05) is 18.0 Å². The van der Waals surface area contributed by atoms with Crippen molar-refractivity contribution in [3.05, 3.63) is 35.0 Å². The molecule has 3 aromatic rings. The lowest BCUT2D eigenvalue weighted by molar-refractivity contribution is -0.146. The first-order chi connectivity index (χ1) is 13.5. The SMILES string of the molecule is Cc1sc2nc(-c3cccnc3)nc(N3CC(C(=O)O)C4(CCC4)C3)c2c1C. The van der Waals surface area contributed by atoms with E-state index in [1.807, 2.05) is 12.1 Å². The molecule has 6 nitrogen and oxygen atoms in total. The smallest absolute Gasteiger partial charge is 0.308 e. The van der Waals surface area contributed by atoms with Crippen molar-refractivity contribution in [1.29, 1.82) is 0 Å². The van der Waals surface area contributed by atoms with Gasteiger partial charge < -0.3 is 10.0 Å². The van der Waals surface area contributed by atoms with Crippen molar-refractivity contribution in [2.24, 2.45) is 11.3 Å². The molecule has 1 atom stereocenters. The van der Waals surface area contributed by atoms with Gasteiger partial charge in [-0.3, -0.25) is 9.78 Å². The van der Waals surface area contributed by atoms with Crippen molar-refractivity contribution < 1.29 is 9.90 Å². The van der Waals surface area contributed by atoms with E-state index in [2.05, 4.69) is 23.7 Å². The van der Waals surface area contributed by atoms with E-state index < -0.39 is 5.97 Å². The Balaban J connectivity index is 1.67. The van der Waals surface area contributed by atoms with Crippen LogP contribution in [0, 0.1) is 25.2 Å². The van der Waals surface area contributed by atoms with E-state index in [1.54, 1.807) is 23.7 Å². The maximum atomic E-state index is 11.9. The first-order valence-electron chi connectivity index (χ1n) is 9.64. The maximum absolute atomic E-state index is 11.9. The van der Waals surface area contributed by atoms with Gasteiger partial charge in [0.1, 0.15) is 10.6 Å². The molecule has 1 aliphatic heterocycles. The maximum Gasteiger partial charge on any atom is 0.308 e. The minimum absolute atomic E-state index is 0.101. The molecule has 0 aromatic carbocycles. The molecular formula is C21H22N4O2S. The van der Waals surface area contributed by atoms with E-state index >= 15 is 0 Å². The summed E-state index contributed by atoms with van der Waals surface area (Å²) < 4.78 is 0. The molecule has 1 N–H and O–H groups in total. The third-order valence-corrected chi connectivity index (χ3v) is 7.63. The topological polar surface area (TPSA) is 79.2 Å². The van der Waals surface area contributed by atoms with Gasteiger partial charge in [-0.2, -0.15) is 0 Å². The molecule has 144 valence electrons. The fourth-order valence-corrected chi connectivity index (χ4v) is 5.71. The molecule has 0 bridgehead atoms. The van der Waals surface area contributed by atoms with Gasteiger partial charge in [0.15, 0.2) is 5.82 Å². The number of rotatable bonds is 3. The van der Waals surface area contributed by atoms with Crippen molar-refractivity contribution in [1.82, 2.24) is 15.0 Å². The van der Waals surface area contributed by atoms with Crippen LogP contribution < -0.4 is 4.90 Å². The molecule has 0 radical (unpaired) electrons. The number of hydrogen-bond donors (Lipinski definition) is 1. The predicted octanol–water partition coefficient (Wildman–Crippen LogP) is 4.06. The number of fused-ring (bicyclic) bond motifs is 1. The summed E-state index contributed by atoms with van der Waals surface area (Å²) in [5, 5.41) is 10.9. The number of nitrogens with zero attached hydrogens (tertiary/aromatic N) is 4. The highest BCUT2D eigenvalue weighted by Gasteiger charge is 2.54. The van der Waals surface area contributed by atoms with Crippen LogP contribution in [0.5, 0.6) is 0 Å². The van der Waals surface area contributed by atoms with Gasteiger partial charge in [-0.1, -0.05) is 6.42 Å². The monoisotopic (exact) mass is 394 g/mol. The summed E-state index contributed by atoms with van der Waals surface area (Å²) in [6, 6.07) is 3.84.